The van der Waals surface area contributed by atoms with Crippen molar-refractivity contribution in [2.75, 3.05) is 43.4 Å². The summed E-state index contributed by atoms with van der Waals surface area (Å²) in [7, 11) is -3.16. The first kappa shape index (κ1) is 15.1. The van der Waals surface area contributed by atoms with Crippen molar-refractivity contribution < 1.29 is 13.2 Å². The molecule has 5 nitrogen and oxygen atoms in total. The predicted octanol–water partition coefficient (Wildman–Crippen LogP) is 0.624. The second-order valence-corrected chi connectivity index (χ2v) is 8.52. The van der Waals surface area contributed by atoms with Crippen LogP contribution in [-0.2, 0) is 14.8 Å². The Balaban J connectivity index is 1.98. The van der Waals surface area contributed by atoms with Crippen LogP contribution in [0.4, 0.5) is 0 Å². The summed E-state index contributed by atoms with van der Waals surface area (Å²) in [6, 6.07) is 0. The highest BCUT2D eigenvalue weighted by atomic mass is 32.2. The van der Waals surface area contributed by atoms with Crippen molar-refractivity contribution in [1.29, 1.82) is 0 Å². The van der Waals surface area contributed by atoms with Gasteiger partial charge >= 0.3 is 0 Å². The number of carbonyl (C=O) groups excluding carboxylic acids is 1. The lowest BCUT2D eigenvalue weighted by Crippen LogP contribution is -2.48. The summed E-state index contributed by atoms with van der Waals surface area (Å²) >= 11 is 1.87. The molecule has 0 bridgehead atoms. The van der Waals surface area contributed by atoms with Gasteiger partial charge in [-0.2, -0.15) is 11.8 Å². The fourth-order valence-electron chi connectivity index (χ4n) is 2.62. The van der Waals surface area contributed by atoms with Crippen LogP contribution in [0.25, 0.3) is 0 Å². The van der Waals surface area contributed by atoms with Gasteiger partial charge in [-0.15, -0.1) is 0 Å². The van der Waals surface area contributed by atoms with E-state index in [9.17, 15) is 13.2 Å². The van der Waals surface area contributed by atoms with Crippen LogP contribution in [0.1, 0.15) is 19.8 Å². The van der Waals surface area contributed by atoms with Crippen LogP contribution in [0, 0.1) is 5.92 Å². The molecule has 0 spiro atoms. The van der Waals surface area contributed by atoms with Gasteiger partial charge in [-0.05, 0) is 19.8 Å². The van der Waals surface area contributed by atoms with E-state index >= 15 is 0 Å². The number of piperidine rings is 1. The van der Waals surface area contributed by atoms with E-state index in [1.54, 1.807) is 6.92 Å². The maximum atomic E-state index is 12.4. The molecule has 1 atom stereocenters. The molecule has 2 aliphatic heterocycles. The van der Waals surface area contributed by atoms with Gasteiger partial charge in [-0.1, -0.05) is 0 Å². The zero-order valence-corrected chi connectivity index (χ0v) is 13.0. The normalized spacial score (nSPS) is 26.4. The van der Waals surface area contributed by atoms with Crippen molar-refractivity contribution in [3.8, 4) is 0 Å². The number of nitrogens with zero attached hydrogens (tertiary/aromatic N) is 2. The third kappa shape index (κ3) is 3.64. The van der Waals surface area contributed by atoms with E-state index < -0.39 is 10.0 Å². The highest BCUT2D eigenvalue weighted by Gasteiger charge is 2.33. The van der Waals surface area contributed by atoms with Crippen LogP contribution in [0.5, 0.6) is 0 Å². The monoisotopic (exact) mass is 306 g/mol. The lowest BCUT2D eigenvalue weighted by molar-refractivity contribution is -0.136. The molecule has 0 aromatic rings. The molecule has 110 valence electrons. The highest BCUT2D eigenvalue weighted by molar-refractivity contribution is 7.99. The van der Waals surface area contributed by atoms with Crippen LogP contribution in [0.15, 0.2) is 0 Å². The van der Waals surface area contributed by atoms with E-state index in [1.165, 1.54) is 4.31 Å². The van der Waals surface area contributed by atoms with Crippen LogP contribution in [-0.4, -0.2) is 67.0 Å². The maximum absolute atomic E-state index is 12.4. The first-order valence-electron chi connectivity index (χ1n) is 6.89. The van der Waals surface area contributed by atoms with Gasteiger partial charge in [0.1, 0.15) is 0 Å². The van der Waals surface area contributed by atoms with E-state index in [2.05, 4.69) is 0 Å². The fourth-order valence-corrected chi connectivity index (χ4v) is 4.70. The van der Waals surface area contributed by atoms with E-state index in [4.69, 9.17) is 0 Å². The van der Waals surface area contributed by atoms with Crippen LogP contribution in [0.3, 0.4) is 0 Å². The lowest BCUT2D eigenvalue weighted by Gasteiger charge is -2.35. The summed E-state index contributed by atoms with van der Waals surface area (Å²) in [6.07, 6.45) is 1.61. The minimum Gasteiger partial charge on any atom is -0.341 e. The molecule has 0 saturated carbocycles. The third-order valence-electron chi connectivity index (χ3n) is 3.81. The van der Waals surface area contributed by atoms with E-state index in [1.807, 2.05) is 16.7 Å². The SMILES string of the molecule is CCS(=O)(=O)N1CCCC(C(=O)N2CCSCC2)C1. The zero-order valence-electron chi connectivity index (χ0n) is 11.4. The highest BCUT2D eigenvalue weighted by Crippen LogP contribution is 2.22. The van der Waals surface area contributed by atoms with Crippen LogP contribution < -0.4 is 0 Å². The molecule has 7 heteroatoms. The number of hydrogen-bond donors (Lipinski definition) is 0. The van der Waals surface area contributed by atoms with E-state index in [0.717, 1.165) is 37.4 Å². The smallest absolute Gasteiger partial charge is 0.227 e. The first-order chi connectivity index (χ1) is 9.04. The van der Waals surface area contributed by atoms with Crippen LogP contribution >= 0.6 is 11.8 Å². The Bertz CT molecular complexity index is 419. The Morgan fingerprint density at radius 2 is 1.95 bits per heavy atom. The van der Waals surface area contributed by atoms with Gasteiger partial charge in [-0.3, -0.25) is 4.79 Å². The maximum Gasteiger partial charge on any atom is 0.227 e. The Morgan fingerprint density at radius 3 is 2.58 bits per heavy atom. The molecule has 2 heterocycles. The largest absolute Gasteiger partial charge is 0.341 e. The van der Waals surface area contributed by atoms with Gasteiger partial charge in [0.15, 0.2) is 0 Å². The summed E-state index contributed by atoms with van der Waals surface area (Å²) in [5.41, 5.74) is 0. The standard InChI is InChI=1S/C12H22N2O3S2/c1-2-19(16,17)14-5-3-4-11(10-14)12(15)13-6-8-18-9-7-13/h11H,2-10H2,1H3. The number of sulfonamides is 1. The number of rotatable bonds is 3. The van der Waals surface area contributed by atoms with E-state index in [0.29, 0.717) is 13.1 Å². The fraction of sp³-hybridized carbons (Fsp3) is 0.917. The Morgan fingerprint density at radius 1 is 1.26 bits per heavy atom. The second-order valence-electron chi connectivity index (χ2n) is 5.04. The summed E-state index contributed by atoms with van der Waals surface area (Å²) in [6.45, 7) is 4.21. The first-order valence-corrected chi connectivity index (χ1v) is 9.65. The molecule has 2 rings (SSSR count). The van der Waals surface area contributed by atoms with Crippen molar-refractivity contribution in [2.45, 2.75) is 19.8 Å². The molecule has 0 aromatic heterocycles. The molecule has 0 radical (unpaired) electrons. The molecule has 2 fully saturated rings. The van der Waals surface area contributed by atoms with Crippen LogP contribution in [0.2, 0.25) is 0 Å². The Kier molecular flexibility index (Phi) is 5.14. The minimum atomic E-state index is -3.16. The second kappa shape index (κ2) is 6.45. The molecule has 2 aliphatic rings. The van der Waals surface area contributed by atoms with Crippen molar-refractivity contribution in [3.05, 3.63) is 0 Å². The topological polar surface area (TPSA) is 57.7 Å². The van der Waals surface area contributed by atoms with Gasteiger partial charge in [-0.25, -0.2) is 12.7 Å². The average molecular weight is 306 g/mol. The average Bonchev–Trinajstić information content (AvgIpc) is 2.47. The van der Waals surface area contributed by atoms with Gasteiger partial charge in [0.2, 0.25) is 15.9 Å². The third-order valence-corrected chi connectivity index (χ3v) is 6.60. The Labute approximate surface area is 119 Å². The number of hydrogen-bond acceptors (Lipinski definition) is 4. The quantitative estimate of drug-likeness (QED) is 0.767. The molecule has 0 N–H and O–H groups in total. The van der Waals surface area contributed by atoms with Crippen molar-refractivity contribution in [2.24, 2.45) is 5.92 Å². The summed E-state index contributed by atoms with van der Waals surface area (Å²) in [5.74, 6) is 2.12. The summed E-state index contributed by atoms with van der Waals surface area (Å²) in [4.78, 5) is 14.3. The van der Waals surface area contributed by atoms with E-state index in [-0.39, 0.29) is 17.6 Å². The molecule has 1 amide bonds. The molecular weight excluding hydrogens is 284 g/mol. The molecule has 1 unspecified atom stereocenters. The predicted molar refractivity (Wildman–Crippen MR) is 77.7 cm³/mol. The Hall–Kier alpha value is -0.270. The summed E-state index contributed by atoms with van der Waals surface area (Å²) < 4.78 is 25.3. The molecular formula is C12H22N2O3S2. The zero-order chi connectivity index (χ0) is 13.9. The molecule has 0 aliphatic carbocycles. The van der Waals surface area contributed by atoms with Gasteiger partial charge in [0.25, 0.3) is 0 Å². The number of thioether (sulfide) groups is 1. The molecule has 19 heavy (non-hydrogen) atoms. The number of carbonyl (C=O) groups is 1. The molecule has 0 aromatic carbocycles. The van der Waals surface area contributed by atoms with Crippen molar-refractivity contribution in [3.63, 3.8) is 0 Å². The lowest BCUT2D eigenvalue weighted by atomic mass is 9.98. The molecule has 2 saturated heterocycles. The van der Waals surface area contributed by atoms with Gasteiger partial charge in [0, 0.05) is 37.7 Å². The van der Waals surface area contributed by atoms with Crippen molar-refractivity contribution >= 4 is 27.7 Å². The number of amides is 1. The van der Waals surface area contributed by atoms with Crippen molar-refractivity contribution in [1.82, 2.24) is 9.21 Å². The van der Waals surface area contributed by atoms with Gasteiger partial charge < -0.3 is 4.90 Å². The minimum absolute atomic E-state index is 0.119. The summed E-state index contributed by atoms with van der Waals surface area (Å²) in [5, 5.41) is 0. The van der Waals surface area contributed by atoms with Gasteiger partial charge in [0.05, 0.1) is 11.7 Å².